The summed E-state index contributed by atoms with van der Waals surface area (Å²) in [6, 6.07) is 14.2. The number of rotatable bonds is 5. The summed E-state index contributed by atoms with van der Waals surface area (Å²) in [5, 5.41) is 0. The summed E-state index contributed by atoms with van der Waals surface area (Å²) in [5.74, 6) is -0.796. The van der Waals surface area contributed by atoms with Crippen molar-refractivity contribution < 1.29 is 14.0 Å². The van der Waals surface area contributed by atoms with E-state index in [1.54, 1.807) is 28.0 Å². The first-order valence-corrected chi connectivity index (χ1v) is 9.92. The maximum atomic E-state index is 14.1. The van der Waals surface area contributed by atoms with Crippen LogP contribution in [0.3, 0.4) is 0 Å². The lowest BCUT2D eigenvalue weighted by Crippen LogP contribution is -2.38. The minimum Gasteiger partial charge on any atom is -0.335 e. The predicted molar refractivity (Wildman–Crippen MR) is 105 cm³/mol. The van der Waals surface area contributed by atoms with Crippen LogP contribution >= 0.6 is 15.9 Å². The van der Waals surface area contributed by atoms with E-state index in [0.29, 0.717) is 12.1 Å². The lowest BCUT2D eigenvalue weighted by atomic mass is 10.1. The topological polar surface area (TPSA) is 40.6 Å². The lowest BCUT2D eigenvalue weighted by molar-refractivity contribution is -0.137. The Morgan fingerprint density at radius 2 is 1.85 bits per heavy atom. The quantitative estimate of drug-likeness (QED) is 0.715. The number of hydrogen-bond donors (Lipinski definition) is 0. The third-order valence-electron chi connectivity index (χ3n) is 5.19. The van der Waals surface area contributed by atoms with Crippen LogP contribution in [0.15, 0.2) is 53.0 Å². The van der Waals surface area contributed by atoms with Crippen molar-refractivity contribution in [3.8, 4) is 0 Å². The molecule has 2 aromatic rings. The highest BCUT2D eigenvalue weighted by Crippen LogP contribution is 2.35. The second-order valence-electron chi connectivity index (χ2n) is 7.15. The zero-order chi connectivity index (χ0) is 19.0. The monoisotopic (exact) mass is 430 g/mol. The Kier molecular flexibility index (Phi) is 5.00. The number of halogens is 2. The Hall–Kier alpha value is -2.21. The van der Waals surface area contributed by atoms with Crippen molar-refractivity contribution in [2.24, 2.45) is 5.92 Å². The first-order valence-electron chi connectivity index (χ1n) is 9.13. The van der Waals surface area contributed by atoms with Crippen LogP contribution in [0, 0.1) is 11.7 Å². The Bertz CT molecular complexity index is 884. The normalized spacial score (nSPS) is 19.4. The van der Waals surface area contributed by atoms with E-state index in [4.69, 9.17) is 0 Å². The summed E-state index contributed by atoms with van der Waals surface area (Å²) >= 11 is 3.47. The molecule has 0 N–H and O–H groups in total. The molecule has 1 aliphatic heterocycles. The molecule has 1 aliphatic carbocycles. The molecule has 1 saturated carbocycles. The molecule has 2 amide bonds. The summed E-state index contributed by atoms with van der Waals surface area (Å²) in [4.78, 5) is 29.1. The molecule has 6 heteroatoms. The van der Waals surface area contributed by atoms with E-state index in [1.165, 1.54) is 6.07 Å². The van der Waals surface area contributed by atoms with Crippen LogP contribution in [0.4, 0.5) is 10.1 Å². The predicted octanol–water partition coefficient (Wildman–Crippen LogP) is 4.13. The molecule has 0 bridgehead atoms. The fourth-order valence-corrected chi connectivity index (χ4v) is 4.09. The van der Waals surface area contributed by atoms with Gasteiger partial charge in [-0.25, -0.2) is 4.39 Å². The number of hydrogen-bond acceptors (Lipinski definition) is 2. The molecule has 140 valence electrons. The molecule has 0 radical (unpaired) electrons. The van der Waals surface area contributed by atoms with E-state index >= 15 is 0 Å². The standard InChI is InChI=1S/C21H20BrFN2O2/c22-17-6-2-4-8-19(17)25-13-15(11-20(25)26)21(27)24(16-9-10-16)12-14-5-1-3-7-18(14)23/h1-8,15-16H,9-13H2. The number of benzene rings is 2. The number of nitrogens with zero attached hydrogens (tertiary/aromatic N) is 2. The van der Waals surface area contributed by atoms with Crippen molar-refractivity contribution in [1.82, 2.24) is 4.90 Å². The highest BCUT2D eigenvalue weighted by atomic mass is 79.9. The number of anilines is 1. The largest absolute Gasteiger partial charge is 0.335 e. The molecule has 4 rings (SSSR count). The van der Waals surface area contributed by atoms with Gasteiger partial charge >= 0.3 is 0 Å². The van der Waals surface area contributed by atoms with Crippen molar-refractivity contribution in [3.05, 3.63) is 64.4 Å². The third kappa shape index (κ3) is 3.76. The molecule has 1 heterocycles. The van der Waals surface area contributed by atoms with Gasteiger partial charge in [0.1, 0.15) is 5.82 Å². The van der Waals surface area contributed by atoms with Gasteiger partial charge in [0.05, 0.1) is 11.6 Å². The fraction of sp³-hybridized carbons (Fsp3) is 0.333. The summed E-state index contributed by atoms with van der Waals surface area (Å²) in [6.07, 6.45) is 2.07. The third-order valence-corrected chi connectivity index (χ3v) is 5.86. The lowest BCUT2D eigenvalue weighted by Gasteiger charge is -2.26. The number of carbonyl (C=O) groups excluding carboxylic acids is 2. The van der Waals surface area contributed by atoms with Crippen LogP contribution in [-0.4, -0.2) is 29.3 Å². The van der Waals surface area contributed by atoms with Gasteiger partial charge in [0.2, 0.25) is 11.8 Å². The number of amides is 2. The average Bonchev–Trinajstić information content (AvgIpc) is 3.43. The van der Waals surface area contributed by atoms with Gasteiger partial charge in [-0.1, -0.05) is 30.3 Å². The maximum Gasteiger partial charge on any atom is 0.228 e. The molecule has 2 fully saturated rings. The zero-order valence-electron chi connectivity index (χ0n) is 14.8. The number of para-hydroxylation sites is 1. The highest BCUT2D eigenvalue weighted by Gasteiger charge is 2.41. The molecule has 0 spiro atoms. The van der Waals surface area contributed by atoms with Crippen LogP contribution in [0.25, 0.3) is 0 Å². The first-order chi connectivity index (χ1) is 13.0. The SMILES string of the molecule is O=C1CC(C(=O)N(Cc2ccccc2F)C2CC2)CN1c1ccccc1Br. The zero-order valence-corrected chi connectivity index (χ0v) is 16.4. The van der Waals surface area contributed by atoms with Gasteiger partial charge in [-0.2, -0.15) is 0 Å². The second kappa shape index (κ2) is 7.43. The Balaban J connectivity index is 1.52. The van der Waals surface area contributed by atoms with Crippen molar-refractivity contribution >= 4 is 33.4 Å². The summed E-state index contributed by atoms with van der Waals surface area (Å²) < 4.78 is 14.9. The second-order valence-corrected chi connectivity index (χ2v) is 8.00. The van der Waals surface area contributed by atoms with Crippen LogP contribution in [0.2, 0.25) is 0 Å². The Morgan fingerprint density at radius 3 is 2.56 bits per heavy atom. The molecule has 1 saturated heterocycles. The van der Waals surface area contributed by atoms with Crippen molar-refractivity contribution in [3.63, 3.8) is 0 Å². The molecule has 0 aromatic heterocycles. The molecular formula is C21H20BrFN2O2. The molecule has 1 atom stereocenters. The molecule has 2 aliphatic rings. The van der Waals surface area contributed by atoms with Crippen molar-refractivity contribution in [2.75, 3.05) is 11.4 Å². The van der Waals surface area contributed by atoms with E-state index in [2.05, 4.69) is 15.9 Å². The maximum absolute atomic E-state index is 14.1. The summed E-state index contributed by atoms with van der Waals surface area (Å²) in [5.41, 5.74) is 1.30. The average molecular weight is 431 g/mol. The van der Waals surface area contributed by atoms with Crippen LogP contribution in [0.1, 0.15) is 24.8 Å². The van der Waals surface area contributed by atoms with E-state index in [9.17, 15) is 14.0 Å². The van der Waals surface area contributed by atoms with Crippen LogP contribution < -0.4 is 4.90 Å². The van der Waals surface area contributed by atoms with Gasteiger partial charge in [-0.3, -0.25) is 9.59 Å². The van der Waals surface area contributed by atoms with Crippen LogP contribution in [0.5, 0.6) is 0 Å². The van der Waals surface area contributed by atoms with Gasteiger partial charge in [0, 0.05) is 35.6 Å². The number of carbonyl (C=O) groups is 2. The van der Waals surface area contributed by atoms with E-state index in [0.717, 1.165) is 23.0 Å². The molecule has 2 aromatic carbocycles. The molecule has 27 heavy (non-hydrogen) atoms. The molecular weight excluding hydrogens is 411 g/mol. The van der Waals surface area contributed by atoms with E-state index in [-0.39, 0.29) is 36.6 Å². The van der Waals surface area contributed by atoms with Crippen molar-refractivity contribution in [2.45, 2.75) is 31.8 Å². The van der Waals surface area contributed by atoms with Gasteiger partial charge in [0.25, 0.3) is 0 Å². The van der Waals surface area contributed by atoms with Gasteiger partial charge in [-0.05, 0) is 47.0 Å². The Morgan fingerprint density at radius 1 is 1.15 bits per heavy atom. The Labute approximate surface area is 166 Å². The van der Waals surface area contributed by atoms with E-state index in [1.807, 2.05) is 24.3 Å². The minimum atomic E-state index is -0.392. The highest BCUT2D eigenvalue weighted by molar-refractivity contribution is 9.10. The fourth-order valence-electron chi connectivity index (χ4n) is 3.59. The molecule has 4 nitrogen and oxygen atoms in total. The van der Waals surface area contributed by atoms with E-state index < -0.39 is 5.92 Å². The van der Waals surface area contributed by atoms with Crippen molar-refractivity contribution in [1.29, 1.82) is 0 Å². The first kappa shape index (κ1) is 18.2. The molecule has 1 unspecified atom stereocenters. The van der Waals surface area contributed by atoms with Gasteiger partial charge in [0.15, 0.2) is 0 Å². The smallest absolute Gasteiger partial charge is 0.228 e. The summed E-state index contributed by atoms with van der Waals surface area (Å²) in [6.45, 7) is 0.622. The minimum absolute atomic E-state index is 0.0522. The van der Waals surface area contributed by atoms with Crippen LogP contribution in [-0.2, 0) is 16.1 Å². The summed E-state index contributed by atoms with van der Waals surface area (Å²) in [7, 11) is 0. The van der Waals surface area contributed by atoms with Gasteiger partial charge in [-0.15, -0.1) is 0 Å². The van der Waals surface area contributed by atoms with Gasteiger partial charge < -0.3 is 9.80 Å².